The molecule has 0 radical (unpaired) electrons. The fourth-order valence-electron chi connectivity index (χ4n) is 8.17. The molecule has 1 unspecified atom stereocenters. The number of nitrogens with zero attached hydrogens (tertiary/aromatic N) is 4. The van der Waals surface area contributed by atoms with Crippen LogP contribution in [0.3, 0.4) is 0 Å². The van der Waals surface area contributed by atoms with E-state index in [1.807, 2.05) is 41.7 Å². The van der Waals surface area contributed by atoms with Gasteiger partial charge in [0.25, 0.3) is 0 Å². The van der Waals surface area contributed by atoms with E-state index < -0.39 is 0 Å². The summed E-state index contributed by atoms with van der Waals surface area (Å²) >= 11 is 3.96. The van der Waals surface area contributed by atoms with Crippen molar-refractivity contribution in [1.82, 2.24) is 19.5 Å². The van der Waals surface area contributed by atoms with E-state index in [4.69, 9.17) is 15.0 Å². The summed E-state index contributed by atoms with van der Waals surface area (Å²) in [5.74, 6) is 2.11. The zero-order chi connectivity index (χ0) is 36.3. The lowest BCUT2D eigenvalue weighted by Crippen LogP contribution is -2.10. The Kier molecular flexibility index (Phi) is 7.92. The van der Waals surface area contributed by atoms with Crippen LogP contribution >= 0.6 is 23.5 Å². The highest BCUT2D eigenvalue weighted by atomic mass is 32.2. The first-order valence-corrected chi connectivity index (χ1v) is 20.5. The number of rotatable bonds is 5. The molecular weight excluding hydrogens is 709 g/mol. The summed E-state index contributed by atoms with van der Waals surface area (Å²) in [4.78, 5) is 19.2. The van der Waals surface area contributed by atoms with Gasteiger partial charge in [-0.2, -0.15) is 0 Å². The quantitative estimate of drug-likeness (QED) is 0.176. The molecule has 3 heterocycles. The van der Waals surface area contributed by atoms with Crippen molar-refractivity contribution in [3.8, 4) is 39.6 Å². The van der Waals surface area contributed by atoms with Gasteiger partial charge in [-0.15, -0.1) is 11.8 Å². The van der Waals surface area contributed by atoms with Crippen molar-refractivity contribution in [2.75, 3.05) is 0 Å². The van der Waals surface area contributed by atoms with Gasteiger partial charge >= 0.3 is 0 Å². The predicted octanol–water partition coefficient (Wildman–Crippen LogP) is 13.3. The molecule has 2 aliphatic carbocycles. The summed E-state index contributed by atoms with van der Waals surface area (Å²) in [6.07, 6.45) is 16.2. The number of fused-ring (bicyclic) bond motifs is 8. The molecule has 0 saturated heterocycles. The highest BCUT2D eigenvalue weighted by Crippen LogP contribution is 2.54. The van der Waals surface area contributed by atoms with E-state index in [0.717, 1.165) is 58.6 Å². The number of aromatic nitrogens is 4. The third-order valence-corrected chi connectivity index (χ3v) is 13.7. The number of benzene rings is 6. The zero-order valence-corrected chi connectivity index (χ0v) is 31.5. The average Bonchev–Trinajstić information content (AvgIpc) is 3.62. The minimum Gasteiger partial charge on any atom is -0.308 e. The Morgan fingerprint density at radius 2 is 1.36 bits per heavy atom. The maximum Gasteiger partial charge on any atom is 0.164 e. The summed E-state index contributed by atoms with van der Waals surface area (Å²) in [6, 6.07) is 45.9. The molecule has 0 bridgehead atoms. The van der Waals surface area contributed by atoms with Gasteiger partial charge in [0.1, 0.15) is 0 Å². The van der Waals surface area contributed by atoms with Crippen molar-refractivity contribution in [1.29, 1.82) is 0 Å². The molecule has 0 saturated carbocycles. The summed E-state index contributed by atoms with van der Waals surface area (Å²) in [5.41, 5.74) is 9.00. The van der Waals surface area contributed by atoms with Crippen LogP contribution in [-0.4, -0.2) is 24.8 Å². The third kappa shape index (κ3) is 5.67. The monoisotopic (exact) mass is 742 g/mol. The van der Waals surface area contributed by atoms with E-state index in [-0.39, 0.29) is 0 Å². The van der Waals surface area contributed by atoms with E-state index in [1.54, 1.807) is 0 Å². The lowest BCUT2D eigenvalue weighted by Gasteiger charge is -2.28. The minimum atomic E-state index is 0.439. The summed E-state index contributed by atoms with van der Waals surface area (Å²) in [5, 5.41) is 5.59. The molecule has 0 fully saturated rings. The van der Waals surface area contributed by atoms with E-state index in [9.17, 15) is 0 Å². The first kappa shape index (κ1) is 32.5. The number of allylic oxidation sites excluding steroid dienone is 7. The molecule has 1 atom stereocenters. The first-order chi connectivity index (χ1) is 27.2. The van der Waals surface area contributed by atoms with Gasteiger partial charge in [0, 0.05) is 47.5 Å². The average molecular weight is 743 g/mol. The van der Waals surface area contributed by atoms with Crippen LogP contribution < -0.4 is 0 Å². The molecule has 1 aliphatic heterocycles. The fourth-order valence-corrected chi connectivity index (χ4v) is 10.9. The molecule has 0 amide bonds. The predicted molar refractivity (Wildman–Crippen MR) is 232 cm³/mol. The van der Waals surface area contributed by atoms with Gasteiger partial charge in [-0.1, -0.05) is 145 Å². The van der Waals surface area contributed by atoms with Crippen molar-refractivity contribution < 1.29 is 0 Å². The van der Waals surface area contributed by atoms with Gasteiger partial charge in [-0.3, -0.25) is 0 Å². The van der Waals surface area contributed by atoms with Crippen molar-refractivity contribution in [3.63, 3.8) is 0 Å². The Morgan fingerprint density at radius 3 is 2.25 bits per heavy atom. The van der Waals surface area contributed by atoms with Gasteiger partial charge in [0.05, 0.1) is 11.0 Å². The maximum atomic E-state index is 5.07. The van der Waals surface area contributed by atoms with Crippen LogP contribution in [0.4, 0.5) is 0 Å². The molecule has 6 aromatic carbocycles. The Labute approximate surface area is 328 Å². The van der Waals surface area contributed by atoms with Crippen molar-refractivity contribution in [2.45, 2.75) is 34.3 Å². The Balaban J connectivity index is 1.07. The molecule has 0 N–H and O–H groups in total. The second-order valence-corrected chi connectivity index (χ2v) is 16.5. The van der Waals surface area contributed by atoms with Gasteiger partial charge < -0.3 is 4.57 Å². The van der Waals surface area contributed by atoms with Crippen LogP contribution in [0.5, 0.6) is 0 Å². The normalized spacial score (nSPS) is 16.3. The van der Waals surface area contributed by atoms with Crippen LogP contribution in [0.1, 0.15) is 25.1 Å². The zero-order valence-electron chi connectivity index (χ0n) is 29.9. The topological polar surface area (TPSA) is 43.6 Å². The molecule has 0 spiro atoms. The van der Waals surface area contributed by atoms with Crippen LogP contribution in [0.25, 0.3) is 77.7 Å². The smallest absolute Gasteiger partial charge is 0.164 e. The lowest BCUT2D eigenvalue weighted by molar-refractivity contribution is 0.978. The summed E-state index contributed by atoms with van der Waals surface area (Å²) < 4.78 is 2.51. The van der Waals surface area contributed by atoms with E-state index >= 15 is 0 Å². The Morgan fingerprint density at radius 1 is 0.600 bits per heavy atom. The Bertz CT molecular complexity index is 2970. The Hall–Kier alpha value is -5.95. The van der Waals surface area contributed by atoms with Gasteiger partial charge in [-0.25, -0.2) is 15.0 Å². The SMILES string of the molecule is C1=CCCC(c2nc(-c3ccccc3)nc(-c3cccc(-c4cccc(-n5c6ccc7ccccc7c6c6ccc7c(c65)SC5CC=CC=C5S7)c4)c3)n2)=C1. The maximum absolute atomic E-state index is 5.07. The highest BCUT2D eigenvalue weighted by Gasteiger charge is 2.29. The molecule has 8 aromatic rings. The number of thioether (sulfide) groups is 2. The van der Waals surface area contributed by atoms with Crippen LogP contribution in [0, 0.1) is 0 Å². The van der Waals surface area contributed by atoms with Gasteiger partial charge in [-0.05, 0) is 77.1 Å². The molecular formula is C49H34N4S2. The van der Waals surface area contributed by atoms with Crippen LogP contribution in [0.2, 0.25) is 0 Å². The first-order valence-electron chi connectivity index (χ1n) is 18.8. The molecule has 2 aromatic heterocycles. The van der Waals surface area contributed by atoms with E-state index in [1.165, 1.54) is 47.3 Å². The summed E-state index contributed by atoms with van der Waals surface area (Å²) in [7, 11) is 0. The molecule has 4 nitrogen and oxygen atoms in total. The van der Waals surface area contributed by atoms with Crippen molar-refractivity contribution >= 4 is 61.7 Å². The summed E-state index contributed by atoms with van der Waals surface area (Å²) in [6.45, 7) is 0. The largest absolute Gasteiger partial charge is 0.308 e. The van der Waals surface area contributed by atoms with Crippen LogP contribution in [0.15, 0.2) is 179 Å². The molecule has 55 heavy (non-hydrogen) atoms. The lowest BCUT2D eigenvalue weighted by atomic mass is 10.0. The van der Waals surface area contributed by atoms with Crippen LogP contribution in [-0.2, 0) is 0 Å². The van der Waals surface area contributed by atoms with Gasteiger partial charge in [0.2, 0.25) is 0 Å². The molecule has 11 rings (SSSR count). The highest BCUT2D eigenvalue weighted by molar-refractivity contribution is 8.09. The number of hydrogen-bond donors (Lipinski definition) is 0. The van der Waals surface area contributed by atoms with Crippen molar-refractivity contribution in [3.05, 3.63) is 175 Å². The molecule has 6 heteroatoms. The standard InChI is InChI=1S/C49H34N4S2/c1-3-14-32(15-4-1)47-50-48(33-16-5-2-6-17-33)52-49(51-47)36-20-11-18-34(29-36)35-19-12-21-37(30-35)53-40-27-25-31-13-7-8-22-38(31)44(40)39-26-28-43-46(45(39)53)55-42-24-10-9-23-41(42)54-43/h1-5,7-16,18-23,25-30,42H,6,17,24H2. The second kappa shape index (κ2) is 13.4. The van der Waals surface area contributed by atoms with Crippen molar-refractivity contribution in [2.24, 2.45) is 0 Å². The van der Waals surface area contributed by atoms with E-state index in [2.05, 4.69) is 150 Å². The molecule has 3 aliphatic rings. The molecule has 262 valence electrons. The van der Waals surface area contributed by atoms with Gasteiger partial charge in [0.15, 0.2) is 17.5 Å². The fraction of sp³-hybridized carbons (Fsp3) is 0.0816. The minimum absolute atomic E-state index is 0.439. The third-order valence-electron chi connectivity index (χ3n) is 10.8. The van der Waals surface area contributed by atoms with E-state index in [0.29, 0.717) is 16.9 Å². The number of hydrogen-bond acceptors (Lipinski definition) is 5. The second-order valence-electron chi connectivity index (χ2n) is 14.2.